The van der Waals surface area contributed by atoms with Crippen LogP contribution in [0.15, 0.2) is 30.5 Å². The zero-order chi connectivity index (χ0) is 24.5. The molecular formula is C24H30FN5O3. The van der Waals surface area contributed by atoms with Gasteiger partial charge in [0.2, 0.25) is 0 Å². The number of benzene rings is 1. The molecule has 0 bridgehead atoms. The molecule has 0 atom stereocenters. The van der Waals surface area contributed by atoms with Crippen LogP contribution in [-0.4, -0.2) is 32.4 Å². The predicted molar refractivity (Wildman–Crippen MR) is 126 cm³/mol. The van der Waals surface area contributed by atoms with Crippen molar-refractivity contribution >= 4 is 34.4 Å². The number of hydrogen-bond acceptors (Lipinski definition) is 5. The molecule has 0 aliphatic heterocycles. The van der Waals surface area contributed by atoms with Crippen molar-refractivity contribution in [2.75, 3.05) is 10.6 Å². The van der Waals surface area contributed by atoms with Crippen LogP contribution in [0.2, 0.25) is 0 Å². The molecule has 2 N–H and O–H groups in total. The minimum Gasteiger partial charge on any atom is -0.444 e. The average molecular weight is 456 g/mol. The van der Waals surface area contributed by atoms with E-state index >= 15 is 0 Å². The summed E-state index contributed by atoms with van der Waals surface area (Å²) in [7, 11) is 0. The van der Waals surface area contributed by atoms with Gasteiger partial charge < -0.3 is 10.1 Å². The monoisotopic (exact) mass is 455 g/mol. The smallest absolute Gasteiger partial charge is 0.412 e. The van der Waals surface area contributed by atoms with Gasteiger partial charge in [0.25, 0.3) is 5.91 Å². The second-order valence-electron chi connectivity index (χ2n) is 9.44. The molecule has 2 amide bonds. The third kappa shape index (κ3) is 5.66. The van der Waals surface area contributed by atoms with E-state index in [4.69, 9.17) is 9.72 Å². The van der Waals surface area contributed by atoms with Gasteiger partial charge >= 0.3 is 6.09 Å². The molecule has 0 aliphatic rings. The molecule has 0 aliphatic carbocycles. The van der Waals surface area contributed by atoms with Gasteiger partial charge in [0.15, 0.2) is 5.65 Å². The summed E-state index contributed by atoms with van der Waals surface area (Å²) in [6.45, 7) is 13.1. The Labute approximate surface area is 192 Å². The first-order valence-electron chi connectivity index (χ1n) is 10.8. The van der Waals surface area contributed by atoms with Gasteiger partial charge in [0, 0.05) is 11.7 Å². The fourth-order valence-corrected chi connectivity index (χ4v) is 3.23. The summed E-state index contributed by atoms with van der Waals surface area (Å²) in [5.74, 6) is -0.948. The molecule has 0 fully saturated rings. The van der Waals surface area contributed by atoms with E-state index in [0.717, 1.165) is 11.8 Å². The summed E-state index contributed by atoms with van der Waals surface area (Å²) in [6.07, 6.45) is 0.892. The number of amides is 2. The molecule has 9 heteroatoms. The number of hydrogen-bond donors (Lipinski definition) is 2. The van der Waals surface area contributed by atoms with Crippen molar-refractivity contribution in [2.24, 2.45) is 0 Å². The Bertz CT molecular complexity index is 1190. The fourth-order valence-electron chi connectivity index (χ4n) is 3.23. The van der Waals surface area contributed by atoms with Crippen molar-refractivity contribution in [1.82, 2.24) is 14.8 Å². The van der Waals surface area contributed by atoms with Crippen LogP contribution in [0.4, 0.5) is 20.6 Å². The van der Waals surface area contributed by atoms with Gasteiger partial charge in [-0.05, 0) is 64.8 Å². The second-order valence-corrected chi connectivity index (χ2v) is 9.44. The van der Waals surface area contributed by atoms with Gasteiger partial charge in [-0.25, -0.2) is 18.9 Å². The van der Waals surface area contributed by atoms with E-state index in [0.29, 0.717) is 16.6 Å². The van der Waals surface area contributed by atoms with Crippen molar-refractivity contribution < 1.29 is 18.7 Å². The lowest BCUT2D eigenvalue weighted by atomic mass is 10.0. The summed E-state index contributed by atoms with van der Waals surface area (Å²) in [6, 6.07) is 5.48. The molecule has 3 aromatic rings. The zero-order valence-corrected chi connectivity index (χ0v) is 20.0. The summed E-state index contributed by atoms with van der Waals surface area (Å²) in [4.78, 5) is 30.2. The van der Waals surface area contributed by atoms with E-state index in [-0.39, 0.29) is 23.3 Å². The molecule has 2 aromatic heterocycles. The van der Waals surface area contributed by atoms with Crippen molar-refractivity contribution in [3.05, 3.63) is 47.5 Å². The molecule has 1 aromatic carbocycles. The zero-order valence-electron chi connectivity index (χ0n) is 20.0. The first-order chi connectivity index (χ1) is 15.4. The van der Waals surface area contributed by atoms with Crippen LogP contribution in [0.5, 0.6) is 0 Å². The largest absolute Gasteiger partial charge is 0.444 e. The van der Waals surface area contributed by atoms with Crippen LogP contribution in [0.25, 0.3) is 11.0 Å². The van der Waals surface area contributed by atoms with E-state index in [1.165, 1.54) is 12.1 Å². The Morgan fingerprint density at radius 3 is 2.36 bits per heavy atom. The number of anilines is 2. The number of carbonyl (C=O) groups excluding carboxylic acids is 2. The second kappa shape index (κ2) is 9.17. The quantitative estimate of drug-likeness (QED) is 0.501. The Morgan fingerprint density at radius 2 is 1.76 bits per heavy atom. The number of ether oxygens (including phenoxy) is 1. The maximum absolute atomic E-state index is 14.0. The summed E-state index contributed by atoms with van der Waals surface area (Å²) >= 11 is 0. The lowest BCUT2D eigenvalue weighted by molar-refractivity contribution is 0.0635. The molecule has 2 heterocycles. The van der Waals surface area contributed by atoms with Crippen LogP contribution in [0.1, 0.15) is 76.5 Å². The highest BCUT2D eigenvalue weighted by molar-refractivity contribution is 6.13. The number of fused-ring (bicyclic) bond motifs is 1. The van der Waals surface area contributed by atoms with Crippen molar-refractivity contribution in [3.63, 3.8) is 0 Å². The molecule has 0 saturated carbocycles. The molecule has 0 spiro atoms. The standard InChI is InChI=1S/C24H30FN5O3/c1-13(2)19-11-16(17-12-26-30(14(3)4)21(17)27-19)22(31)28-20-10-15(25)8-9-18(20)29-23(32)33-24(5,6)7/h8-14H,1-7H3,(H,28,31)(H,29,32). The Hall–Kier alpha value is -3.49. The van der Waals surface area contributed by atoms with Crippen LogP contribution in [0.3, 0.4) is 0 Å². The Kier molecular flexibility index (Phi) is 6.71. The lowest BCUT2D eigenvalue weighted by Crippen LogP contribution is -2.27. The molecule has 8 nitrogen and oxygen atoms in total. The van der Waals surface area contributed by atoms with E-state index in [2.05, 4.69) is 15.7 Å². The molecule has 0 radical (unpaired) electrons. The number of halogens is 1. The van der Waals surface area contributed by atoms with Crippen LogP contribution < -0.4 is 10.6 Å². The normalized spacial score (nSPS) is 11.8. The highest BCUT2D eigenvalue weighted by Crippen LogP contribution is 2.28. The van der Waals surface area contributed by atoms with Crippen molar-refractivity contribution in [1.29, 1.82) is 0 Å². The van der Waals surface area contributed by atoms with Gasteiger partial charge in [0.1, 0.15) is 11.4 Å². The van der Waals surface area contributed by atoms with E-state index in [9.17, 15) is 14.0 Å². The topological polar surface area (TPSA) is 98.1 Å². The highest BCUT2D eigenvalue weighted by atomic mass is 19.1. The third-order valence-electron chi connectivity index (χ3n) is 4.78. The van der Waals surface area contributed by atoms with Gasteiger partial charge in [0.05, 0.1) is 28.5 Å². The maximum Gasteiger partial charge on any atom is 0.412 e. The van der Waals surface area contributed by atoms with Gasteiger partial charge in [-0.3, -0.25) is 10.1 Å². The average Bonchev–Trinajstić information content (AvgIpc) is 3.12. The van der Waals surface area contributed by atoms with Crippen LogP contribution in [0, 0.1) is 5.82 Å². The number of pyridine rings is 1. The lowest BCUT2D eigenvalue weighted by Gasteiger charge is -2.20. The summed E-state index contributed by atoms with van der Waals surface area (Å²) in [5, 5.41) is 10.3. The molecule has 176 valence electrons. The molecule has 33 heavy (non-hydrogen) atoms. The van der Waals surface area contributed by atoms with Crippen LogP contribution in [-0.2, 0) is 4.74 Å². The molecule has 0 unspecified atom stereocenters. The SMILES string of the molecule is CC(C)c1cc(C(=O)Nc2cc(F)ccc2NC(=O)OC(C)(C)C)c2cnn(C(C)C)c2n1. The first-order valence-corrected chi connectivity index (χ1v) is 10.8. The molecule has 0 saturated heterocycles. The fraction of sp³-hybridized carbons (Fsp3) is 0.417. The summed E-state index contributed by atoms with van der Waals surface area (Å²) < 4.78 is 21.0. The van der Waals surface area contributed by atoms with Crippen LogP contribution >= 0.6 is 0 Å². The Morgan fingerprint density at radius 1 is 1.06 bits per heavy atom. The number of aromatic nitrogens is 3. The molecular weight excluding hydrogens is 425 g/mol. The van der Waals surface area contributed by atoms with Gasteiger partial charge in [-0.15, -0.1) is 0 Å². The predicted octanol–water partition coefficient (Wildman–Crippen LogP) is 5.87. The van der Waals surface area contributed by atoms with E-state index < -0.39 is 23.4 Å². The first kappa shape index (κ1) is 24.2. The Balaban J connectivity index is 1.99. The number of carbonyl (C=O) groups is 2. The number of nitrogens with zero attached hydrogens (tertiary/aromatic N) is 3. The minimum atomic E-state index is -0.712. The van der Waals surface area contributed by atoms with Gasteiger partial charge in [-0.2, -0.15) is 5.10 Å². The minimum absolute atomic E-state index is 0.0566. The summed E-state index contributed by atoms with van der Waals surface area (Å²) in [5.41, 5.74) is 1.32. The highest BCUT2D eigenvalue weighted by Gasteiger charge is 2.21. The third-order valence-corrected chi connectivity index (χ3v) is 4.78. The number of nitrogens with one attached hydrogen (secondary N) is 2. The molecule has 3 rings (SSSR count). The number of rotatable bonds is 5. The maximum atomic E-state index is 14.0. The van der Waals surface area contributed by atoms with Crippen molar-refractivity contribution in [2.45, 2.75) is 66.0 Å². The van der Waals surface area contributed by atoms with E-state index in [1.54, 1.807) is 37.7 Å². The van der Waals surface area contributed by atoms with Crippen molar-refractivity contribution in [3.8, 4) is 0 Å². The van der Waals surface area contributed by atoms with E-state index in [1.807, 2.05) is 27.7 Å². The van der Waals surface area contributed by atoms with Gasteiger partial charge in [-0.1, -0.05) is 13.8 Å².